The Labute approximate surface area is 152 Å². The average Bonchev–Trinajstić information content (AvgIpc) is 3.14. The summed E-state index contributed by atoms with van der Waals surface area (Å²) < 4.78 is 5.28. The summed E-state index contributed by atoms with van der Waals surface area (Å²) in [5.41, 5.74) is 1.90. The van der Waals surface area contributed by atoms with E-state index < -0.39 is 11.9 Å². The summed E-state index contributed by atoms with van der Waals surface area (Å²) in [6, 6.07) is 5.29. The van der Waals surface area contributed by atoms with Gasteiger partial charge in [-0.3, -0.25) is 14.4 Å². The van der Waals surface area contributed by atoms with Gasteiger partial charge < -0.3 is 20.1 Å². The lowest BCUT2D eigenvalue weighted by molar-refractivity contribution is -0.141. The Bertz CT molecular complexity index is 712. The molecule has 1 heterocycles. The van der Waals surface area contributed by atoms with Crippen LogP contribution in [0.3, 0.4) is 0 Å². The van der Waals surface area contributed by atoms with Crippen molar-refractivity contribution in [2.75, 3.05) is 31.6 Å². The third-order valence-electron chi connectivity index (χ3n) is 5.27. The van der Waals surface area contributed by atoms with Crippen LogP contribution in [0.4, 0.5) is 5.69 Å². The minimum atomic E-state index is -0.838. The van der Waals surface area contributed by atoms with Crippen molar-refractivity contribution < 1.29 is 24.2 Å². The number of amides is 2. The van der Waals surface area contributed by atoms with Crippen molar-refractivity contribution in [3.05, 3.63) is 29.3 Å². The van der Waals surface area contributed by atoms with Crippen molar-refractivity contribution in [3.8, 4) is 0 Å². The Morgan fingerprint density at radius 3 is 2.50 bits per heavy atom. The van der Waals surface area contributed by atoms with Crippen molar-refractivity contribution >= 4 is 23.5 Å². The van der Waals surface area contributed by atoms with E-state index >= 15 is 0 Å². The van der Waals surface area contributed by atoms with Gasteiger partial charge in [-0.1, -0.05) is 6.07 Å². The number of carboxylic acids is 1. The van der Waals surface area contributed by atoms with E-state index in [9.17, 15) is 14.4 Å². The topological polar surface area (TPSA) is 95.9 Å². The van der Waals surface area contributed by atoms with Gasteiger partial charge in [-0.25, -0.2) is 0 Å². The molecular weight excluding hydrogens is 336 g/mol. The standard InChI is InChI=1S/C19H24N2O5/c1-12-15(18(23)21-7-9-26-10-8-21)3-2-4-16(12)20-17(22)13-5-6-14(11-13)19(24)25/h2-4,13-14H,5-11H2,1H3,(H,20,22)(H,24,25)/t13-,14+/m1/s1. The molecule has 2 amide bonds. The number of benzene rings is 1. The molecule has 3 rings (SSSR count). The summed E-state index contributed by atoms with van der Waals surface area (Å²) in [6.07, 6.45) is 1.48. The predicted octanol–water partition coefficient (Wildman–Crippen LogP) is 1.91. The van der Waals surface area contributed by atoms with Crippen LogP contribution in [-0.4, -0.2) is 54.1 Å². The quantitative estimate of drug-likeness (QED) is 0.855. The van der Waals surface area contributed by atoms with Crippen molar-refractivity contribution in [1.82, 2.24) is 4.90 Å². The Morgan fingerprint density at radius 2 is 1.85 bits per heavy atom. The highest BCUT2D eigenvalue weighted by atomic mass is 16.5. The van der Waals surface area contributed by atoms with Crippen LogP contribution in [0.25, 0.3) is 0 Å². The Morgan fingerprint density at radius 1 is 1.15 bits per heavy atom. The van der Waals surface area contributed by atoms with Gasteiger partial charge in [0, 0.05) is 30.3 Å². The van der Waals surface area contributed by atoms with Crippen LogP contribution in [0.15, 0.2) is 18.2 Å². The SMILES string of the molecule is Cc1c(NC(=O)[C@@H]2CC[C@H](C(=O)O)C2)cccc1C(=O)N1CCOCC1. The number of carbonyl (C=O) groups excluding carboxylic acids is 2. The fraction of sp³-hybridized carbons (Fsp3) is 0.526. The van der Waals surface area contributed by atoms with Gasteiger partial charge in [0.05, 0.1) is 19.1 Å². The molecular formula is C19H24N2O5. The van der Waals surface area contributed by atoms with Gasteiger partial charge in [-0.05, 0) is 43.9 Å². The molecule has 0 aromatic heterocycles. The second kappa shape index (κ2) is 7.86. The smallest absolute Gasteiger partial charge is 0.306 e. The summed E-state index contributed by atoms with van der Waals surface area (Å²) in [7, 11) is 0. The molecule has 2 atom stereocenters. The van der Waals surface area contributed by atoms with Crippen LogP contribution < -0.4 is 5.32 Å². The molecule has 1 saturated carbocycles. The summed E-state index contributed by atoms with van der Waals surface area (Å²) in [4.78, 5) is 38.1. The Kier molecular flexibility index (Phi) is 5.56. The molecule has 7 nitrogen and oxygen atoms in total. The maximum Gasteiger partial charge on any atom is 0.306 e. The van der Waals surface area contributed by atoms with Gasteiger partial charge in [0.2, 0.25) is 5.91 Å². The molecule has 1 aromatic rings. The van der Waals surface area contributed by atoms with Gasteiger partial charge in [0.25, 0.3) is 5.91 Å². The zero-order chi connectivity index (χ0) is 18.7. The van der Waals surface area contributed by atoms with E-state index in [1.165, 1.54) is 0 Å². The normalized spacial score (nSPS) is 22.9. The minimum absolute atomic E-state index is 0.0614. The minimum Gasteiger partial charge on any atom is -0.481 e. The number of ether oxygens (including phenoxy) is 1. The van der Waals surface area contributed by atoms with Crippen LogP contribution in [0.1, 0.15) is 35.2 Å². The summed E-state index contributed by atoms with van der Waals surface area (Å²) in [5, 5.41) is 12.0. The zero-order valence-corrected chi connectivity index (χ0v) is 14.9. The zero-order valence-electron chi connectivity index (χ0n) is 14.9. The van der Waals surface area contributed by atoms with E-state index in [1.54, 1.807) is 23.1 Å². The van der Waals surface area contributed by atoms with E-state index in [-0.39, 0.29) is 17.7 Å². The largest absolute Gasteiger partial charge is 0.481 e. The van der Waals surface area contributed by atoms with Crippen LogP contribution in [-0.2, 0) is 14.3 Å². The van der Waals surface area contributed by atoms with Gasteiger partial charge in [-0.2, -0.15) is 0 Å². The second-order valence-electron chi connectivity index (χ2n) is 6.92. The van der Waals surface area contributed by atoms with Gasteiger partial charge in [-0.15, -0.1) is 0 Å². The number of hydrogen-bond donors (Lipinski definition) is 2. The van der Waals surface area contributed by atoms with Crippen molar-refractivity contribution in [2.24, 2.45) is 11.8 Å². The second-order valence-corrected chi connectivity index (χ2v) is 6.92. The van der Waals surface area contributed by atoms with Crippen molar-refractivity contribution in [3.63, 3.8) is 0 Å². The lowest BCUT2D eigenvalue weighted by atomic mass is 10.0. The van der Waals surface area contributed by atoms with Crippen molar-refractivity contribution in [1.29, 1.82) is 0 Å². The molecule has 26 heavy (non-hydrogen) atoms. The monoisotopic (exact) mass is 360 g/mol. The van der Waals surface area contributed by atoms with Gasteiger partial charge in [0.1, 0.15) is 0 Å². The first-order chi connectivity index (χ1) is 12.5. The molecule has 1 aromatic carbocycles. The van der Waals surface area contributed by atoms with Crippen molar-refractivity contribution in [2.45, 2.75) is 26.2 Å². The van der Waals surface area contributed by atoms with E-state index in [1.807, 2.05) is 6.92 Å². The first-order valence-electron chi connectivity index (χ1n) is 8.97. The summed E-state index contributed by atoms with van der Waals surface area (Å²) in [5.74, 6) is -1.81. The lowest BCUT2D eigenvalue weighted by Crippen LogP contribution is -2.41. The average molecular weight is 360 g/mol. The van der Waals surface area contributed by atoms with Gasteiger partial charge in [0.15, 0.2) is 0 Å². The molecule has 2 fully saturated rings. The third-order valence-corrected chi connectivity index (χ3v) is 5.27. The first kappa shape index (κ1) is 18.4. The van der Waals surface area contributed by atoms with Crippen LogP contribution in [0, 0.1) is 18.8 Å². The van der Waals surface area contributed by atoms with Crippen LogP contribution in [0.2, 0.25) is 0 Å². The molecule has 7 heteroatoms. The fourth-order valence-electron chi connectivity index (χ4n) is 3.62. The fourth-order valence-corrected chi connectivity index (χ4v) is 3.62. The number of nitrogens with zero attached hydrogens (tertiary/aromatic N) is 1. The number of rotatable bonds is 4. The van der Waals surface area contributed by atoms with E-state index in [4.69, 9.17) is 9.84 Å². The highest BCUT2D eigenvalue weighted by Crippen LogP contribution is 2.32. The maximum absolute atomic E-state index is 12.7. The van der Waals surface area contributed by atoms with E-state index in [0.717, 1.165) is 5.56 Å². The number of nitrogens with one attached hydrogen (secondary N) is 1. The highest BCUT2D eigenvalue weighted by molar-refractivity contribution is 6.00. The predicted molar refractivity (Wildman–Crippen MR) is 95.0 cm³/mol. The third kappa shape index (κ3) is 3.88. The Hall–Kier alpha value is -2.41. The number of hydrogen-bond acceptors (Lipinski definition) is 4. The molecule has 1 aliphatic carbocycles. The number of anilines is 1. The van der Waals surface area contributed by atoms with Gasteiger partial charge >= 0.3 is 5.97 Å². The molecule has 2 N–H and O–H groups in total. The Balaban J connectivity index is 1.70. The first-order valence-corrected chi connectivity index (χ1v) is 8.97. The number of carbonyl (C=O) groups is 3. The summed E-state index contributed by atoms with van der Waals surface area (Å²) in [6.45, 7) is 4.01. The van der Waals surface area contributed by atoms with Crippen LogP contribution >= 0.6 is 0 Å². The molecule has 0 spiro atoms. The molecule has 0 unspecified atom stereocenters. The maximum atomic E-state index is 12.7. The summed E-state index contributed by atoms with van der Waals surface area (Å²) >= 11 is 0. The number of morpholine rings is 1. The number of aliphatic carboxylic acids is 1. The lowest BCUT2D eigenvalue weighted by Gasteiger charge is -2.27. The van der Waals surface area contributed by atoms with E-state index in [0.29, 0.717) is 56.8 Å². The molecule has 0 bridgehead atoms. The molecule has 1 aliphatic heterocycles. The highest BCUT2D eigenvalue weighted by Gasteiger charge is 2.34. The molecule has 1 saturated heterocycles. The molecule has 0 radical (unpaired) electrons. The number of carboxylic acid groups (broad SMARTS) is 1. The van der Waals surface area contributed by atoms with E-state index in [2.05, 4.69) is 5.32 Å². The molecule has 2 aliphatic rings. The van der Waals surface area contributed by atoms with Crippen LogP contribution in [0.5, 0.6) is 0 Å². The molecule has 140 valence electrons.